The number of nitrogens with one attached hydrogen (secondary N) is 1. The molecule has 1 amide bonds. The first kappa shape index (κ1) is 23.4. The first-order valence-corrected chi connectivity index (χ1v) is 12.7. The summed E-state index contributed by atoms with van der Waals surface area (Å²) in [5.74, 6) is -0.329. The van der Waals surface area contributed by atoms with Crippen LogP contribution in [0.1, 0.15) is 38.4 Å². The summed E-state index contributed by atoms with van der Waals surface area (Å²) in [6.45, 7) is 4.99. The van der Waals surface area contributed by atoms with Crippen molar-refractivity contribution in [1.82, 2.24) is 15.1 Å². The van der Waals surface area contributed by atoms with E-state index in [9.17, 15) is 13.2 Å². The quantitative estimate of drug-likeness (QED) is 0.410. The molecule has 4 aromatic rings. The van der Waals surface area contributed by atoms with Crippen molar-refractivity contribution < 1.29 is 13.2 Å². The minimum absolute atomic E-state index is 0.113. The van der Waals surface area contributed by atoms with Crippen molar-refractivity contribution in [2.24, 2.45) is 0 Å². The molecule has 0 aliphatic rings. The first-order chi connectivity index (χ1) is 16.3. The van der Waals surface area contributed by atoms with Gasteiger partial charge in [-0.25, -0.2) is 8.42 Å². The topological polar surface area (TPSA) is 81.1 Å². The molecular formula is C27H27N3O3S. The Labute approximate surface area is 200 Å². The van der Waals surface area contributed by atoms with Crippen LogP contribution in [-0.4, -0.2) is 24.1 Å². The van der Waals surface area contributed by atoms with Gasteiger partial charge in [0.1, 0.15) is 0 Å². The number of hydrogen-bond donors (Lipinski definition) is 1. The molecule has 0 spiro atoms. The Bertz CT molecular complexity index is 1380. The highest BCUT2D eigenvalue weighted by atomic mass is 32.2. The third-order valence-corrected chi connectivity index (χ3v) is 7.51. The number of rotatable bonds is 8. The van der Waals surface area contributed by atoms with E-state index in [0.717, 1.165) is 22.5 Å². The van der Waals surface area contributed by atoms with Crippen LogP contribution in [0.25, 0.3) is 0 Å². The van der Waals surface area contributed by atoms with Gasteiger partial charge >= 0.3 is 0 Å². The van der Waals surface area contributed by atoms with Crippen molar-refractivity contribution in [2.75, 3.05) is 0 Å². The lowest BCUT2D eigenvalue weighted by molar-refractivity contribution is 0.0951. The Hall–Kier alpha value is -3.71. The van der Waals surface area contributed by atoms with Crippen molar-refractivity contribution in [3.8, 4) is 0 Å². The molecule has 1 heterocycles. The number of amides is 1. The van der Waals surface area contributed by atoms with Crippen molar-refractivity contribution in [3.63, 3.8) is 0 Å². The second-order valence-electron chi connectivity index (χ2n) is 8.24. The molecule has 0 aliphatic carbocycles. The minimum Gasteiger partial charge on any atom is -0.348 e. The molecule has 0 bridgehead atoms. The number of carbonyl (C=O) groups is 1. The summed E-state index contributed by atoms with van der Waals surface area (Å²) in [7, 11) is -3.43. The van der Waals surface area contributed by atoms with Crippen LogP contribution in [0, 0.1) is 13.8 Å². The average molecular weight is 474 g/mol. The molecule has 0 radical (unpaired) electrons. The summed E-state index contributed by atoms with van der Waals surface area (Å²) < 4.78 is 27.1. The molecular weight excluding hydrogens is 446 g/mol. The molecule has 34 heavy (non-hydrogen) atoms. The van der Waals surface area contributed by atoms with E-state index in [1.807, 2.05) is 36.7 Å². The predicted molar refractivity (Wildman–Crippen MR) is 132 cm³/mol. The Morgan fingerprint density at radius 2 is 1.47 bits per heavy atom. The Balaban J connectivity index is 1.39. The third kappa shape index (κ3) is 5.43. The van der Waals surface area contributed by atoms with Crippen molar-refractivity contribution in [1.29, 1.82) is 0 Å². The molecule has 0 fully saturated rings. The Morgan fingerprint density at radius 1 is 0.853 bits per heavy atom. The maximum atomic E-state index is 12.7. The Kier molecular flexibility index (Phi) is 6.93. The molecule has 4 rings (SSSR count). The van der Waals surface area contributed by atoms with Crippen LogP contribution in [0.3, 0.4) is 0 Å². The first-order valence-electron chi connectivity index (χ1n) is 11.1. The van der Waals surface area contributed by atoms with Crippen LogP contribution in [0.2, 0.25) is 0 Å². The van der Waals surface area contributed by atoms with Crippen LogP contribution < -0.4 is 5.32 Å². The SMILES string of the molecule is Cc1nn(Cc2ccccc2)c(C)c1CNC(=O)c1ccc(CS(=O)(=O)c2ccccc2)cc1. The molecule has 0 unspecified atom stereocenters. The largest absolute Gasteiger partial charge is 0.348 e. The van der Waals surface area contributed by atoms with E-state index in [1.165, 1.54) is 0 Å². The van der Waals surface area contributed by atoms with Gasteiger partial charge in [0.05, 0.1) is 22.9 Å². The normalized spacial score (nSPS) is 11.4. The Morgan fingerprint density at radius 3 is 2.12 bits per heavy atom. The lowest BCUT2D eigenvalue weighted by atomic mass is 10.1. The molecule has 1 aromatic heterocycles. The van der Waals surface area contributed by atoms with Crippen LogP contribution in [0.5, 0.6) is 0 Å². The summed E-state index contributed by atoms with van der Waals surface area (Å²) >= 11 is 0. The second kappa shape index (κ2) is 10.1. The van der Waals surface area contributed by atoms with Crippen molar-refractivity contribution in [3.05, 3.63) is 119 Å². The maximum absolute atomic E-state index is 12.7. The summed E-state index contributed by atoms with van der Waals surface area (Å²) in [5, 5.41) is 7.59. The van der Waals surface area contributed by atoms with Gasteiger partial charge < -0.3 is 5.32 Å². The second-order valence-corrected chi connectivity index (χ2v) is 10.2. The van der Waals surface area contributed by atoms with E-state index in [-0.39, 0.29) is 16.6 Å². The number of aryl methyl sites for hydroxylation is 1. The molecule has 7 heteroatoms. The van der Waals surface area contributed by atoms with Gasteiger partial charge in [0.2, 0.25) is 0 Å². The smallest absolute Gasteiger partial charge is 0.251 e. The van der Waals surface area contributed by atoms with E-state index in [1.54, 1.807) is 54.6 Å². The molecule has 0 saturated carbocycles. The van der Waals surface area contributed by atoms with Crippen molar-refractivity contribution >= 4 is 15.7 Å². The van der Waals surface area contributed by atoms with Gasteiger partial charge in [0.25, 0.3) is 5.91 Å². The number of nitrogens with zero attached hydrogens (tertiary/aromatic N) is 2. The fourth-order valence-electron chi connectivity index (χ4n) is 3.85. The van der Waals surface area contributed by atoms with Crippen LogP contribution in [-0.2, 0) is 28.7 Å². The molecule has 0 aliphatic heterocycles. The molecule has 1 N–H and O–H groups in total. The van der Waals surface area contributed by atoms with Gasteiger partial charge in [-0.2, -0.15) is 5.10 Å². The maximum Gasteiger partial charge on any atom is 0.251 e. The van der Waals surface area contributed by atoms with Gasteiger partial charge in [0.15, 0.2) is 9.84 Å². The van der Waals surface area contributed by atoms with E-state index in [2.05, 4.69) is 22.5 Å². The van der Waals surface area contributed by atoms with Gasteiger partial charge in [-0.05, 0) is 49.2 Å². The summed E-state index contributed by atoms with van der Waals surface area (Å²) in [4.78, 5) is 13.0. The fraction of sp³-hybridized carbons (Fsp3) is 0.185. The lowest BCUT2D eigenvalue weighted by Crippen LogP contribution is -2.23. The van der Waals surface area contributed by atoms with E-state index in [0.29, 0.717) is 24.2 Å². The van der Waals surface area contributed by atoms with E-state index >= 15 is 0 Å². The van der Waals surface area contributed by atoms with E-state index < -0.39 is 9.84 Å². The summed E-state index contributed by atoms with van der Waals surface area (Å²) in [5.41, 5.74) is 5.17. The number of sulfone groups is 1. The lowest BCUT2D eigenvalue weighted by Gasteiger charge is -2.09. The highest BCUT2D eigenvalue weighted by Gasteiger charge is 2.16. The zero-order valence-electron chi connectivity index (χ0n) is 19.2. The van der Waals surface area contributed by atoms with E-state index in [4.69, 9.17) is 0 Å². The third-order valence-electron chi connectivity index (χ3n) is 5.81. The predicted octanol–water partition coefficient (Wildman–Crippen LogP) is 4.45. The van der Waals surface area contributed by atoms with Crippen molar-refractivity contribution in [2.45, 2.75) is 37.6 Å². The van der Waals surface area contributed by atoms with Gasteiger partial charge in [-0.3, -0.25) is 9.48 Å². The highest BCUT2D eigenvalue weighted by Crippen LogP contribution is 2.18. The van der Waals surface area contributed by atoms with Crippen LogP contribution in [0.15, 0.2) is 89.8 Å². The average Bonchev–Trinajstić information content (AvgIpc) is 3.11. The van der Waals surface area contributed by atoms with Gasteiger partial charge in [0, 0.05) is 23.4 Å². The zero-order valence-corrected chi connectivity index (χ0v) is 20.0. The fourth-order valence-corrected chi connectivity index (χ4v) is 5.22. The van der Waals surface area contributed by atoms with Crippen LogP contribution >= 0.6 is 0 Å². The number of hydrogen-bond acceptors (Lipinski definition) is 4. The summed E-state index contributed by atoms with van der Waals surface area (Å²) in [6.07, 6.45) is 0. The zero-order chi connectivity index (χ0) is 24.1. The summed E-state index contributed by atoms with van der Waals surface area (Å²) in [6, 6.07) is 25.2. The van der Waals surface area contributed by atoms with Gasteiger partial charge in [-0.15, -0.1) is 0 Å². The number of carbonyl (C=O) groups excluding carboxylic acids is 1. The number of aromatic nitrogens is 2. The standard InChI is InChI=1S/C27H27N3O3S/c1-20-26(21(2)30(29-20)18-22-9-5-3-6-10-22)17-28-27(31)24-15-13-23(14-16-24)19-34(32,33)25-11-7-4-8-12-25/h3-16H,17-19H2,1-2H3,(H,28,31). The monoisotopic (exact) mass is 473 g/mol. The molecule has 0 atom stereocenters. The highest BCUT2D eigenvalue weighted by molar-refractivity contribution is 7.90. The minimum atomic E-state index is -3.43. The number of benzene rings is 3. The van der Waals surface area contributed by atoms with Crippen LogP contribution in [0.4, 0.5) is 0 Å². The molecule has 0 saturated heterocycles. The molecule has 6 nitrogen and oxygen atoms in total. The molecule has 3 aromatic carbocycles. The van der Waals surface area contributed by atoms with Gasteiger partial charge in [-0.1, -0.05) is 60.7 Å². The molecule has 174 valence electrons.